The maximum absolute atomic E-state index is 12.3. The van der Waals surface area contributed by atoms with Gasteiger partial charge in [0.25, 0.3) is 0 Å². The van der Waals surface area contributed by atoms with Gasteiger partial charge in [0.1, 0.15) is 5.82 Å². The summed E-state index contributed by atoms with van der Waals surface area (Å²) in [6.07, 6.45) is 0.979. The SMILES string of the molecule is O=C(Cc1ccc(Cl)cc1)NCCc1nc2ccccc2n1Cc1ccc(Cl)cc1. The summed E-state index contributed by atoms with van der Waals surface area (Å²) < 4.78 is 2.20. The van der Waals surface area contributed by atoms with Gasteiger partial charge in [-0.05, 0) is 47.5 Å². The highest BCUT2D eigenvalue weighted by Gasteiger charge is 2.12. The molecule has 1 amide bonds. The van der Waals surface area contributed by atoms with Crippen molar-refractivity contribution in [3.05, 3.63) is 99.8 Å². The first-order valence-electron chi connectivity index (χ1n) is 9.78. The lowest BCUT2D eigenvalue weighted by atomic mass is 10.1. The van der Waals surface area contributed by atoms with E-state index in [-0.39, 0.29) is 5.91 Å². The molecular weight excluding hydrogens is 417 g/mol. The summed E-state index contributed by atoms with van der Waals surface area (Å²) in [6.45, 7) is 1.22. The first-order valence-corrected chi connectivity index (χ1v) is 10.5. The van der Waals surface area contributed by atoms with E-state index in [1.165, 1.54) is 0 Å². The number of rotatable bonds is 7. The number of aromatic nitrogens is 2. The standard InChI is InChI=1S/C24H21Cl2N3O/c25-19-9-5-17(6-10-19)15-24(30)27-14-13-23-28-21-3-1-2-4-22(21)29(23)16-18-7-11-20(26)12-8-18/h1-12H,13-16H2,(H,27,30). The molecule has 152 valence electrons. The molecule has 30 heavy (non-hydrogen) atoms. The molecule has 0 aliphatic carbocycles. The molecule has 0 spiro atoms. The molecule has 0 fully saturated rings. The third-order valence-corrected chi connectivity index (χ3v) is 5.44. The number of imidazole rings is 1. The van der Waals surface area contributed by atoms with Gasteiger partial charge in [0.2, 0.25) is 5.91 Å². The van der Waals surface area contributed by atoms with Crippen molar-refractivity contribution in [1.29, 1.82) is 0 Å². The van der Waals surface area contributed by atoms with Crippen LogP contribution in [0.2, 0.25) is 10.0 Å². The van der Waals surface area contributed by atoms with Gasteiger partial charge < -0.3 is 9.88 Å². The second-order valence-electron chi connectivity index (χ2n) is 7.13. The summed E-state index contributed by atoms with van der Waals surface area (Å²) in [7, 11) is 0. The molecule has 6 heteroatoms. The highest BCUT2D eigenvalue weighted by molar-refractivity contribution is 6.30. The monoisotopic (exact) mass is 437 g/mol. The van der Waals surface area contributed by atoms with Gasteiger partial charge in [-0.25, -0.2) is 4.98 Å². The first kappa shape index (κ1) is 20.5. The van der Waals surface area contributed by atoms with Crippen molar-refractivity contribution >= 4 is 40.1 Å². The van der Waals surface area contributed by atoms with E-state index < -0.39 is 0 Å². The number of benzene rings is 3. The Bertz CT molecular complexity index is 1150. The molecule has 0 saturated carbocycles. The Hall–Kier alpha value is -2.82. The highest BCUT2D eigenvalue weighted by atomic mass is 35.5. The Labute approximate surface area is 185 Å². The molecule has 0 aliphatic rings. The van der Waals surface area contributed by atoms with Crippen molar-refractivity contribution in [2.24, 2.45) is 0 Å². The fourth-order valence-electron chi connectivity index (χ4n) is 3.43. The number of halogens is 2. The number of hydrogen-bond donors (Lipinski definition) is 1. The van der Waals surface area contributed by atoms with E-state index in [9.17, 15) is 4.79 Å². The van der Waals surface area contributed by atoms with Crippen LogP contribution in [0, 0.1) is 0 Å². The van der Waals surface area contributed by atoms with Gasteiger partial charge in [0, 0.05) is 29.6 Å². The highest BCUT2D eigenvalue weighted by Crippen LogP contribution is 2.19. The van der Waals surface area contributed by atoms with Gasteiger partial charge in [0.05, 0.1) is 17.5 Å². The Morgan fingerprint density at radius 3 is 2.20 bits per heavy atom. The summed E-state index contributed by atoms with van der Waals surface area (Å²) in [5.74, 6) is 0.927. The van der Waals surface area contributed by atoms with Gasteiger partial charge in [-0.3, -0.25) is 4.79 Å². The van der Waals surface area contributed by atoms with Crippen molar-refractivity contribution < 1.29 is 4.79 Å². The maximum Gasteiger partial charge on any atom is 0.224 e. The molecule has 1 aromatic heterocycles. The zero-order chi connectivity index (χ0) is 20.9. The van der Waals surface area contributed by atoms with E-state index in [4.69, 9.17) is 28.2 Å². The van der Waals surface area contributed by atoms with Gasteiger partial charge >= 0.3 is 0 Å². The van der Waals surface area contributed by atoms with Gasteiger partial charge in [-0.2, -0.15) is 0 Å². The second kappa shape index (κ2) is 9.33. The second-order valence-corrected chi connectivity index (χ2v) is 8.01. The average Bonchev–Trinajstić information content (AvgIpc) is 3.09. The van der Waals surface area contributed by atoms with Crippen LogP contribution in [0.4, 0.5) is 0 Å². The third kappa shape index (κ3) is 5.02. The Morgan fingerprint density at radius 1 is 0.867 bits per heavy atom. The lowest BCUT2D eigenvalue weighted by molar-refractivity contribution is -0.120. The van der Waals surface area contributed by atoms with E-state index in [0.29, 0.717) is 31.0 Å². The lowest BCUT2D eigenvalue weighted by Crippen LogP contribution is -2.28. The van der Waals surface area contributed by atoms with Crippen LogP contribution in [0.25, 0.3) is 11.0 Å². The number of nitrogens with one attached hydrogen (secondary N) is 1. The van der Waals surface area contributed by atoms with Crippen LogP contribution < -0.4 is 5.32 Å². The number of amides is 1. The minimum atomic E-state index is -0.0160. The first-order chi connectivity index (χ1) is 14.6. The molecule has 3 aromatic carbocycles. The summed E-state index contributed by atoms with van der Waals surface area (Å²) in [5, 5.41) is 4.38. The van der Waals surface area contributed by atoms with Gasteiger partial charge in [0.15, 0.2) is 0 Å². The lowest BCUT2D eigenvalue weighted by Gasteiger charge is -2.10. The zero-order valence-corrected chi connectivity index (χ0v) is 17.8. The average molecular weight is 438 g/mol. The van der Waals surface area contributed by atoms with Gasteiger partial charge in [-0.15, -0.1) is 0 Å². The van der Waals surface area contributed by atoms with E-state index in [1.54, 1.807) is 12.1 Å². The van der Waals surface area contributed by atoms with E-state index in [0.717, 1.165) is 33.0 Å². The Kier molecular flexibility index (Phi) is 6.36. The van der Waals surface area contributed by atoms with Crippen LogP contribution >= 0.6 is 23.2 Å². The fraction of sp³-hybridized carbons (Fsp3) is 0.167. The van der Waals surface area contributed by atoms with E-state index in [1.807, 2.05) is 54.6 Å². The van der Waals surface area contributed by atoms with Crippen LogP contribution in [0.1, 0.15) is 17.0 Å². The van der Waals surface area contributed by atoms with E-state index >= 15 is 0 Å². The molecule has 0 radical (unpaired) electrons. The molecule has 0 saturated heterocycles. The van der Waals surface area contributed by atoms with Crippen molar-refractivity contribution in [3.8, 4) is 0 Å². The normalized spacial score (nSPS) is 11.0. The number of carbonyl (C=O) groups excluding carboxylic acids is 1. The number of para-hydroxylation sites is 2. The Balaban J connectivity index is 1.44. The van der Waals surface area contributed by atoms with Crippen LogP contribution in [0.3, 0.4) is 0 Å². The molecule has 1 N–H and O–H groups in total. The quantitative estimate of drug-likeness (QED) is 0.426. The summed E-state index contributed by atoms with van der Waals surface area (Å²) >= 11 is 11.9. The van der Waals surface area contributed by atoms with Gasteiger partial charge in [-0.1, -0.05) is 59.6 Å². The van der Waals surface area contributed by atoms with Crippen LogP contribution in [0.15, 0.2) is 72.8 Å². The van der Waals surface area contributed by atoms with Crippen molar-refractivity contribution in [3.63, 3.8) is 0 Å². The largest absolute Gasteiger partial charge is 0.355 e. The smallest absolute Gasteiger partial charge is 0.224 e. The van der Waals surface area contributed by atoms with Crippen molar-refractivity contribution in [1.82, 2.24) is 14.9 Å². The maximum atomic E-state index is 12.3. The van der Waals surface area contributed by atoms with Crippen molar-refractivity contribution in [2.75, 3.05) is 6.54 Å². The van der Waals surface area contributed by atoms with E-state index in [2.05, 4.69) is 16.0 Å². The predicted octanol–water partition coefficient (Wildman–Crippen LogP) is 5.29. The third-order valence-electron chi connectivity index (χ3n) is 4.94. The summed E-state index contributed by atoms with van der Waals surface area (Å²) in [4.78, 5) is 17.1. The number of nitrogens with zero attached hydrogens (tertiary/aromatic N) is 2. The minimum Gasteiger partial charge on any atom is -0.355 e. The molecule has 4 aromatic rings. The number of fused-ring (bicyclic) bond motifs is 1. The van der Waals surface area contributed by atoms with Crippen LogP contribution in [0.5, 0.6) is 0 Å². The molecule has 0 unspecified atom stereocenters. The number of hydrogen-bond acceptors (Lipinski definition) is 2. The molecule has 4 nitrogen and oxygen atoms in total. The zero-order valence-electron chi connectivity index (χ0n) is 16.3. The molecule has 4 rings (SSSR count). The Morgan fingerprint density at radius 2 is 1.50 bits per heavy atom. The molecular formula is C24H21Cl2N3O. The number of carbonyl (C=O) groups is 1. The molecule has 0 aliphatic heterocycles. The molecule has 0 bridgehead atoms. The fourth-order valence-corrected chi connectivity index (χ4v) is 3.68. The topological polar surface area (TPSA) is 46.9 Å². The molecule has 1 heterocycles. The summed E-state index contributed by atoms with van der Waals surface area (Å²) in [6, 6.07) is 23.2. The predicted molar refractivity (Wildman–Crippen MR) is 122 cm³/mol. The summed E-state index contributed by atoms with van der Waals surface area (Å²) in [5.41, 5.74) is 4.12. The minimum absolute atomic E-state index is 0.0160. The molecule has 0 atom stereocenters. The van der Waals surface area contributed by atoms with Crippen LogP contribution in [-0.2, 0) is 24.2 Å². The van der Waals surface area contributed by atoms with Crippen molar-refractivity contribution in [2.45, 2.75) is 19.4 Å². The van der Waals surface area contributed by atoms with Crippen LogP contribution in [-0.4, -0.2) is 22.0 Å².